The van der Waals surface area contributed by atoms with E-state index in [4.69, 9.17) is 17.2 Å². The number of rotatable bonds is 1. The Kier molecular flexibility index (Phi) is 2.19. The Morgan fingerprint density at radius 3 is 2.58 bits per heavy atom. The fourth-order valence-electron chi connectivity index (χ4n) is 0.886. The first kappa shape index (κ1) is 8.39. The second-order valence-corrected chi connectivity index (χ2v) is 2.58. The zero-order valence-corrected chi connectivity index (χ0v) is 6.91. The number of aliphatic imine (C=N–C) groups is 1. The number of nitrogens with zero attached hydrogens (tertiary/aromatic N) is 1. The minimum atomic E-state index is 0.0451. The summed E-state index contributed by atoms with van der Waals surface area (Å²) in [6, 6.07) is 5.41. The summed E-state index contributed by atoms with van der Waals surface area (Å²) in [4.78, 5) is 3.91. The molecule has 0 heterocycles. The second-order valence-electron chi connectivity index (χ2n) is 2.58. The van der Waals surface area contributed by atoms with Crippen LogP contribution in [0.25, 0.3) is 0 Å². The van der Waals surface area contributed by atoms with Crippen molar-refractivity contribution in [2.24, 2.45) is 16.5 Å². The topological polar surface area (TPSA) is 90.4 Å². The van der Waals surface area contributed by atoms with E-state index in [1.165, 1.54) is 0 Å². The number of anilines is 1. The van der Waals surface area contributed by atoms with Gasteiger partial charge in [-0.1, -0.05) is 6.07 Å². The predicted octanol–water partition coefficient (Wildman–Crippen LogP) is 0.482. The van der Waals surface area contributed by atoms with E-state index in [2.05, 4.69) is 4.99 Å². The van der Waals surface area contributed by atoms with Crippen molar-refractivity contribution in [1.29, 1.82) is 0 Å². The van der Waals surface area contributed by atoms with Crippen molar-refractivity contribution in [1.82, 2.24) is 0 Å². The molecule has 1 aromatic rings. The Hall–Kier alpha value is -1.71. The molecule has 0 saturated carbocycles. The van der Waals surface area contributed by atoms with Gasteiger partial charge in [0.05, 0.1) is 5.69 Å². The Morgan fingerprint density at radius 2 is 2.00 bits per heavy atom. The first-order valence-electron chi connectivity index (χ1n) is 3.55. The van der Waals surface area contributed by atoms with Gasteiger partial charge in [0, 0.05) is 5.69 Å². The minimum absolute atomic E-state index is 0.0451. The summed E-state index contributed by atoms with van der Waals surface area (Å²) < 4.78 is 0. The van der Waals surface area contributed by atoms with Crippen LogP contribution in [0.3, 0.4) is 0 Å². The van der Waals surface area contributed by atoms with Crippen LogP contribution in [0.4, 0.5) is 11.4 Å². The average Bonchev–Trinajstić information content (AvgIpc) is 1.96. The molecular formula is C8H12N4. The number of hydrogen-bond acceptors (Lipinski definition) is 2. The summed E-state index contributed by atoms with van der Waals surface area (Å²) in [7, 11) is 0. The molecular weight excluding hydrogens is 152 g/mol. The quantitative estimate of drug-likeness (QED) is 0.320. The third-order valence-corrected chi connectivity index (χ3v) is 1.48. The number of guanidine groups is 1. The van der Waals surface area contributed by atoms with Crippen LogP contribution in [-0.4, -0.2) is 5.96 Å². The van der Waals surface area contributed by atoms with E-state index in [0.29, 0.717) is 5.69 Å². The average molecular weight is 164 g/mol. The molecule has 1 aromatic carbocycles. The lowest BCUT2D eigenvalue weighted by Crippen LogP contribution is -2.22. The van der Waals surface area contributed by atoms with Crippen molar-refractivity contribution >= 4 is 17.3 Å². The van der Waals surface area contributed by atoms with Gasteiger partial charge in [-0.3, -0.25) is 0 Å². The van der Waals surface area contributed by atoms with Crippen LogP contribution in [0.5, 0.6) is 0 Å². The number of nitrogen functional groups attached to an aromatic ring is 1. The summed E-state index contributed by atoms with van der Waals surface area (Å²) in [5, 5.41) is 0. The van der Waals surface area contributed by atoms with Gasteiger partial charge in [0.1, 0.15) is 0 Å². The maximum atomic E-state index is 5.55. The van der Waals surface area contributed by atoms with Crippen LogP contribution in [-0.2, 0) is 0 Å². The summed E-state index contributed by atoms with van der Waals surface area (Å²) in [5.74, 6) is 0.0451. The van der Waals surface area contributed by atoms with E-state index >= 15 is 0 Å². The van der Waals surface area contributed by atoms with Gasteiger partial charge in [-0.2, -0.15) is 0 Å². The Labute approximate surface area is 71.1 Å². The van der Waals surface area contributed by atoms with Crippen molar-refractivity contribution < 1.29 is 0 Å². The van der Waals surface area contributed by atoms with E-state index < -0.39 is 0 Å². The maximum Gasteiger partial charge on any atom is 0.191 e. The highest BCUT2D eigenvalue weighted by Gasteiger charge is 1.96. The van der Waals surface area contributed by atoms with Gasteiger partial charge in [0.2, 0.25) is 0 Å². The lowest BCUT2D eigenvalue weighted by atomic mass is 10.2. The SMILES string of the molecule is Cc1ccc(N)cc1N=C(N)N. The van der Waals surface area contributed by atoms with Gasteiger partial charge in [0.15, 0.2) is 5.96 Å². The van der Waals surface area contributed by atoms with Gasteiger partial charge < -0.3 is 17.2 Å². The summed E-state index contributed by atoms with van der Waals surface area (Å²) in [5.41, 5.74) is 18.4. The first-order valence-corrected chi connectivity index (χ1v) is 3.55. The molecule has 0 radical (unpaired) electrons. The normalized spacial score (nSPS) is 9.42. The Balaban J connectivity index is 3.14. The molecule has 0 saturated heterocycles. The van der Waals surface area contributed by atoms with E-state index in [1.54, 1.807) is 12.1 Å². The van der Waals surface area contributed by atoms with Crippen LogP contribution >= 0.6 is 0 Å². The van der Waals surface area contributed by atoms with Crippen molar-refractivity contribution in [3.63, 3.8) is 0 Å². The highest BCUT2D eigenvalue weighted by molar-refractivity contribution is 5.80. The predicted molar refractivity (Wildman–Crippen MR) is 51.1 cm³/mol. The van der Waals surface area contributed by atoms with E-state index in [0.717, 1.165) is 11.3 Å². The lowest BCUT2D eigenvalue weighted by molar-refractivity contribution is 1.36. The molecule has 4 nitrogen and oxygen atoms in total. The minimum Gasteiger partial charge on any atom is -0.399 e. The number of hydrogen-bond donors (Lipinski definition) is 3. The van der Waals surface area contributed by atoms with Gasteiger partial charge in [-0.25, -0.2) is 4.99 Å². The van der Waals surface area contributed by atoms with Crippen LogP contribution in [0, 0.1) is 6.92 Å². The summed E-state index contributed by atoms with van der Waals surface area (Å²) in [6.07, 6.45) is 0. The Morgan fingerprint density at radius 1 is 1.33 bits per heavy atom. The van der Waals surface area contributed by atoms with E-state index in [-0.39, 0.29) is 5.96 Å². The molecule has 0 aliphatic heterocycles. The van der Waals surface area contributed by atoms with Gasteiger partial charge in [0.25, 0.3) is 0 Å². The van der Waals surface area contributed by atoms with Gasteiger partial charge >= 0.3 is 0 Å². The molecule has 0 fully saturated rings. The molecule has 0 atom stereocenters. The maximum absolute atomic E-state index is 5.55. The number of nitrogens with two attached hydrogens (primary N) is 3. The van der Waals surface area contributed by atoms with Crippen molar-refractivity contribution in [3.05, 3.63) is 23.8 Å². The number of benzene rings is 1. The first-order chi connectivity index (χ1) is 5.59. The molecule has 0 bridgehead atoms. The highest BCUT2D eigenvalue weighted by Crippen LogP contribution is 2.20. The number of aryl methyl sites for hydroxylation is 1. The highest BCUT2D eigenvalue weighted by atomic mass is 15.0. The van der Waals surface area contributed by atoms with Gasteiger partial charge in [-0.15, -0.1) is 0 Å². The molecule has 0 spiro atoms. The molecule has 0 aromatic heterocycles. The van der Waals surface area contributed by atoms with Crippen molar-refractivity contribution in [2.75, 3.05) is 5.73 Å². The van der Waals surface area contributed by atoms with E-state index in [1.807, 2.05) is 13.0 Å². The van der Waals surface area contributed by atoms with Crippen molar-refractivity contribution in [3.8, 4) is 0 Å². The molecule has 0 unspecified atom stereocenters. The van der Waals surface area contributed by atoms with Crippen LogP contribution in [0.2, 0.25) is 0 Å². The zero-order valence-electron chi connectivity index (χ0n) is 6.91. The Bertz CT molecular complexity index is 313. The fourth-order valence-corrected chi connectivity index (χ4v) is 0.886. The molecule has 0 aliphatic carbocycles. The third-order valence-electron chi connectivity index (χ3n) is 1.48. The standard InChI is InChI=1S/C8H12N4/c1-5-2-3-6(9)4-7(5)12-8(10)11/h2-4H,9H2,1H3,(H4,10,11,12). The monoisotopic (exact) mass is 164 g/mol. The third kappa shape index (κ3) is 1.88. The molecule has 6 N–H and O–H groups in total. The van der Waals surface area contributed by atoms with Crippen LogP contribution in [0.1, 0.15) is 5.56 Å². The van der Waals surface area contributed by atoms with E-state index in [9.17, 15) is 0 Å². The second kappa shape index (κ2) is 3.13. The molecule has 0 aliphatic rings. The zero-order chi connectivity index (χ0) is 9.14. The molecule has 12 heavy (non-hydrogen) atoms. The summed E-state index contributed by atoms with van der Waals surface area (Å²) >= 11 is 0. The fraction of sp³-hybridized carbons (Fsp3) is 0.125. The van der Waals surface area contributed by atoms with Crippen LogP contribution < -0.4 is 17.2 Å². The van der Waals surface area contributed by atoms with Crippen molar-refractivity contribution in [2.45, 2.75) is 6.92 Å². The molecule has 4 heteroatoms. The molecule has 64 valence electrons. The summed E-state index contributed by atoms with van der Waals surface area (Å²) in [6.45, 7) is 1.92. The lowest BCUT2D eigenvalue weighted by Gasteiger charge is -2.01. The smallest absolute Gasteiger partial charge is 0.191 e. The van der Waals surface area contributed by atoms with Crippen LogP contribution in [0.15, 0.2) is 23.2 Å². The largest absolute Gasteiger partial charge is 0.399 e. The molecule has 0 amide bonds. The van der Waals surface area contributed by atoms with Gasteiger partial charge in [-0.05, 0) is 24.6 Å². The molecule has 1 rings (SSSR count).